The Kier molecular flexibility index (Phi) is 5.93. The van der Waals surface area contributed by atoms with Crippen LogP contribution in [-0.4, -0.2) is 32.7 Å². The Morgan fingerprint density at radius 1 is 1.19 bits per heavy atom. The van der Waals surface area contributed by atoms with E-state index in [4.69, 9.17) is 12.2 Å². The number of anilines is 1. The maximum atomic E-state index is 12.6. The highest BCUT2D eigenvalue weighted by Gasteiger charge is 2.33. The van der Waals surface area contributed by atoms with Gasteiger partial charge in [-0.25, -0.2) is 0 Å². The summed E-state index contributed by atoms with van der Waals surface area (Å²) < 4.78 is 0.359. The minimum absolute atomic E-state index is 0.113. The molecule has 0 atom stereocenters. The van der Waals surface area contributed by atoms with Crippen LogP contribution in [0.25, 0.3) is 6.08 Å². The first-order valence-electron chi connectivity index (χ1n) is 8.39. The number of hydrogen-bond acceptors (Lipinski definition) is 5. The van der Waals surface area contributed by atoms with Crippen LogP contribution in [0, 0.1) is 0 Å². The topological polar surface area (TPSA) is 69.6 Å². The summed E-state index contributed by atoms with van der Waals surface area (Å²) in [5.41, 5.74) is 2.68. The number of thioether (sulfide) groups is 1. The SMILES string of the molecule is CCc1ccc(C=C2SC(=S)N(CC(=O)Nc3ccc(O)cc3)C2=O)cc1. The highest BCUT2D eigenvalue weighted by molar-refractivity contribution is 8.26. The van der Waals surface area contributed by atoms with Crippen LogP contribution < -0.4 is 5.32 Å². The second-order valence-corrected chi connectivity index (χ2v) is 7.63. The summed E-state index contributed by atoms with van der Waals surface area (Å²) >= 11 is 6.46. The third-order valence-electron chi connectivity index (χ3n) is 4.01. The molecule has 0 spiro atoms. The number of aryl methyl sites for hydroxylation is 1. The van der Waals surface area contributed by atoms with Gasteiger partial charge in [0.05, 0.1) is 4.91 Å². The number of amides is 2. The summed E-state index contributed by atoms with van der Waals surface area (Å²) in [6.07, 6.45) is 2.75. The van der Waals surface area contributed by atoms with Crippen LogP contribution in [0.15, 0.2) is 53.4 Å². The number of carbonyl (C=O) groups is 2. The molecule has 0 bridgehead atoms. The zero-order valence-electron chi connectivity index (χ0n) is 14.6. The lowest BCUT2D eigenvalue weighted by atomic mass is 10.1. The zero-order valence-corrected chi connectivity index (χ0v) is 16.3. The molecule has 5 nitrogen and oxygen atoms in total. The van der Waals surface area contributed by atoms with Crippen LogP contribution in [0.2, 0.25) is 0 Å². The number of hydrogen-bond donors (Lipinski definition) is 2. The average molecular weight is 399 g/mol. The van der Waals surface area contributed by atoms with Crippen molar-refractivity contribution in [2.24, 2.45) is 0 Å². The van der Waals surface area contributed by atoms with E-state index in [1.54, 1.807) is 18.2 Å². The van der Waals surface area contributed by atoms with E-state index in [0.29, 0.717) is 14.9 Å². The Labute approximate surface area is 167 Å². The highest BCUT2D eigenvalue weighted by atomic mass is 32.2. The summed E-state index contributed by atoms with van der Waals surface area (Å²) in [6.45, 7) is 1.93. The molecule has 2 N–H and O–H groups in total. The Balaban J connectivity index is 1.67. The first kappa shape index (κ1) is 19.1. The van der Waals surface area contributed by atoms with Crippen molar-refractivity contribution in [1.29, 1.82) is 0 Å². The van der Waals surface area contributed by atoms with E-state index in [0.717, 1.165) is 12.0 Å². The molecule has 0 aliphatic carbocycles. The van der Waals surface area contributed by atoms with Gasteiger partial charge in [0.2, 0.25) is 5.91 Å². The van der Waals surface area contributed by atoms with Gasteiger partial charge in [0, 0.05) is 5.69 Å². The highest BCUT2D eigenvalue weighted by Crippen LogP contribution is 2.32. The van der Waals surface area contributed by atoms with Gasteiger partial charge in [-0.1, -0.05) is 55.2 Å². The quantitative estimate of drug-likeness (QED) is 0.456. The molecule has 1 aliphatic heterocycles. The van der Waals surface area contributed by atoms with E-state index in [-0.39, 0.29) is 24.1 Å². The third kappa shape index (κ3) is 4.75. The smallest absolute Gasteiger partial charge is 0.266 e. The predicted molar refractivity (Wildman–Crippen MR) is 112 cm³/mol. The van der Waals surface area contributed by atoms with Crippen molar-refractivity contribution >= 4 is 51.9 Å². The monoisotopic (exact) mass is 398 g/mol. The van der Waals surface area contributed by atoms with E-state index < -0.39 is 0 Å². The Bertz CT molecular complexity index is 906. The van der Waals surface area contributed by atoms with Crippen LogP contribution in [0.3, 0.4) is 0 Å². The number of phenolic OH excluding ortho intramolecular Hbond substituents is 1. The van der Waals surface area contributed by atoms with Crippen LogP contribution in [0.5, 0.6) is 5.75 Å². The van der Waals surface area contributed by atoms with Crippen LogP contribution in [-0.2, 0) is 16.0 Å². The van der Waals surface area contributed by atoms with Gasteiger partial charge in [-0.15, -0.1) is 0 Å². The zero-order chi connectivity index (χ0) is 19.4. The lowest BCUT2D eigenvalue weighted by Crippen LogP contribution is -2.36. The summed E-state index contributed by atoms with van der Waals surface area (Å²) in [5, 5.41) is 12.0. The van der Waals surface area contributed by atoms with Crippen LogP contribution >= 0.6 is 24.0 Å². The molecule has 2 aromatic rings. The number of rotatable bonds is 5. The van der Waals surface area contributed by atoms with Crippen molar-refractivity contribution in [3.63, 3.8) is 0 Å². The Morgan fingerprint density at radius 3 is 2.48 bits per heavy atom. The molecule has 7 heteroatoms. The number of benzene rings is 2. The number of thiocarbonyl (C=S) groups is 1. The normalized spacial score (nSPS) is 15.4. The number of phenols is 1. The molecule has 2 amide bonds. The Hall–Kier alpha value is -2.64. The second-order valence-electron chi connectivity index (χ2n) is 5.96. The van der Waals surface area contributed by atoms with E-state index in [1.807, 2.05) is 24.3 Å². The molecule has 3 rings (SSSR count). The van der Waals surface area contributed by atoms with Gasteiger partial charge in [0.15, 0.2) is 0 Å². The largest absolute Gasteiger partial charge is 0.508 e. The first-order valence-corrected chi connectivity index (χ1v) is 9.62. The van der Waals surface area contributed by atoms with E-state index >= 15 is 0 Å². The minimum atomic E-state index is -0.356. The molecule has 0 radical (unpaired) electrons. The van der Waals surface area contributed by atoms with Crippen molar-refractivity contribution in [2.45, 2.75) is 13.3 Å². The van der Waals surface area contributed by atoms with Crippen molar-refractivity contribution < 1.29 is 14.7 Å². The molecular formula is C20H18N2O3S2. The number of aromatic hydroxyl groups is 1. The summed E-state index contributed by atoms with van der Waals surface area (Å²) in [5.74, 6) is -0.516. The van der Waals surface area contributed by atoms with Crippen molar-refractivity contribution in [3.8, 4) is 5.75 Å². The molecule has 0 unspecified atom stereocenters. The molecule has 27 heavy (non-hydrogen) atoms. The number of nitrogens with one attached hydrogen (secondary N) is 1. The van der Waals surface area contributed by atoms with E-state index in [1.165, 1.54) is 34.4 Å². The molecule has 0 saturated carbocycles. The third-order valence-corrected chi connectivity index (χ3v) is 5.39. The molecule has 2 aromatic carbocycles. The fraction of sp³-hybridized carbons (Fsp3) is 0.150. The lowest BCUT2D eigenvalue weighted by Gasteiger charge is -2.14. The van der Waals surface area contributed by atoms with Crippen molar-refractivity contribution in [2.75, 3.05) is 11.9 Å². The molecule has 1 fully saturated rings. The molecular weight excluding hydrogens is 380 g/mol. The van der Waals surface area contributed by atoms with Gasteiger partial charge < -0.3 is 10.4 Å². The maximum absolute atomic E-state index is 12.6. The minimum Gasteiger partial charge on any atom is -0.508 e. The number of nitrogens with zero attached hydrogens (tertiary/aromatic N) is 1. The van der Waals surface area contributed by atoms with E-state index in [2.05, 4.69) is 12.2 Å². The lowest BCUT2D eigenvalue weighted by molar-refractivity contribution is -0.126. The average Bonchev–Trinajstić information content (AvgIpc) is 2.91. The van der Waals surface area contributed by atoms with Crippen molar-refractivity contribution in [1.82, 2.24) is 4.90 Å². The van der Waals surface area contributed by atoms with Gasteiger partial charge >= 0.3 is 0 Å². The molecule has 0 aromatic heterocycles. The van der Waals surface area contributed by atoms with E-state index in [9.17, 15) is 14.7 Å². The summed E-state index contributed by atoms with van der Waals surface area (Å²) in [6, 6.07) is 14.1. The molecule has 138 valence electrons. The van der Waals surface area contributed by atoms with Crippen LogP contribution in [0.4, 0.5) is 5.69 Å². The number of carbonyl (C=O) groups excluding carboxylic acids is 2. The second kappa shape index (κ2) is 8.37. The fourth-order valence-corrected chi connectivity index (χ4v) is 3.78. The fourth-order valence-electron chi connectivity index (χ4n) is 2.53. The Morgan fingerprint density at radius 2 is 1.85 bits per heavy atom. The van der Waals surface area contributed by atoms with Gasteiger partial charge in [0.25, 0.3) is 5.91 Å². The summed E-state index contributed by atoms with van der Waals surface area (Å²) in [7, 11) is 0. The first-order chi connectivity index (χ1) is 13.0. The van der Waals surface area contributed by atoms with Crippen molar-refractivity contribution in [3.05, 3.63) is 64.6 Å². The molecule has 1 saturated heterocycles. The molecule has 1 heterocycles. The van der Waals surface area contributed by atoms with Crippen LogP contribution in [0.1, 0.15) is 18.1 Å². The molecule has 1 aliphatic rings. The summed E-state index contributed by atoms with van der Waals surface area (Å²) in [4.78, 5) is 26.6. The van der Waals surface area contributed by atoms with Gasteiger partial charge in [-0.2, -0.15) is 0 Å². The predicted octanol–water partition coefficient (Wildman–Crippen LogP) is 3.79. The standard InChI is InChI=1S/C20H18N2O3S2/c1-2-13-3-5-14(6-4-13)11-17-19(25)22(20(26)27-17)12-18(24)21-15-7-9-16(23)10-8-15/h3-11,23H,2,12H2,1H3,(H,21,24). The van der Waals surface area contributed by atoms with Gasteiger partial charge in [-0.3, -0.25) is 14.5 Å². The maximum Gasteiger partial charge on any atom is 0.266 e. The van der Waals surface area contributed by atoms with Gasteiger partial charge in [-0.05, 0) is 47.9 Å². The van der Waals surface area contributed by atoms with Gasteiger partial charge in [0.1, 0.15) is 16.6 Å².